The van der Waals surface area contributed by atoms with E-state index in [1.165, 1.54) is 0 Å². The van der Waals surface area contributed by atoms with E-state index in [1.807, 2.05) is 30.3 Å². The van der Waals surface area contributed by atoms with E-state index in [0.717, 1.165) is 30.7 Å². The van der Waals surface area contributed by atoms with Crippen molar-refractivity contribution < 1.29 is 9.47 Å². The predicted molar refractivity (Wildman–Crippen MR) is 93.1 cm³/mol. The van der Waals surface area contributed by atoms with Gasteiger partial charge >= 0.3 is 0 Å². The minimum absolute atomic E-state index is 0.0140. The number of rotatable bonds is 2. The van der Waals surface area contributed by atoms with Crippen molar-refractivity contribution in [3.05, 3.63) is 55.6 Å². The van der Waals surface area contributed by atoms with E-state index >= 15 is 0 Å². The van der Waals surface area contributed by atoms with E-state index in [2.05, 4.69) is 44.6 Å². The molecule has 3 rings (SSSR count). The highest BCUT2D eigenvalue weighted by atomic mass is 127. The molecular formula is C15H12BrIN2O2. The minimum Gasteiger partial charge on any atom is -0.465 e. The Morgan fingerprint density at radius 3 is 2.62 bits per heavy atom. The minimum atomic E-state index is -0.273. The van der Waals surface area contributed by atoms with Gasteiger partial charge in [-0.1, -0.05) is 15.9 Å². The van der Waals surface area contributed by atoms with Gasteiger partial charge in [0.1, 0.15) is 18.1 Å². The third-order valence-electron chi connectivity index (χ3n) is 3.32. The molecule has 2 aromatic rings. The maximum Gasteiger partial charge on any atom is 0.279 e. The molecule has 3 N–H and O–H groups in total. The van der Waals surface area contributed by atoms with Crippen molar-refractivity contribution in [2.75, 3.05) is 6.61 Å². The summed E-state index contributed by atoms with van der Waals surface area (Å²) in [6.07, 6.45) is 0. The first kappa shape index (κ1) is 14.6. The lowest BCUT2D eigenvalue weighted by Crippen LogP contribution is -2.21. The molecule has 0 aromatic heterocycles. The molecule has 0 aliphatic carbocycles. The van der Waals surface area contributed by atoms with Crippen LogP contribution in [0.5, 0.6) is 11.5 Å². The standard InChI is InChI=1S/C15H12BrIN2O2/c16-8-1-3-13-10(5-8)12(7-20-15(18)19)11-6-9(17)2-4-14(11)21-13/h1-6,12H,7H2,(H3,18,19)/t12-/m1/s1. The van der Waals surface area contributed by atoms with Crippen LogP contribution in [0.1, 0.15) is 17.0 Å². The Morgan fingerprint density at radius 2 is 1.90 bits per heavy atom. The summed E-state index contributed by atoms with van der Waals surface area (Å²) in [6, 6.07) is 11.7. The Kier molecular flexibility index (Phi) is 4.08. The molecule has 0 saturated heterocycles. The number of ether oxygens (including phenoxy) is 2. The van der Waals surface area contributed by atoms with Crippen molar-refractivity contribution in [2.45, 2.75) is 5.92 Å². The van der Waals surface area contributed by atoms with Crippen LogP contribution in [0.25, 0.3) is 0 Å². The summed E-state index contributed by atoms with van der Waals surface area (Å²) < 4.78 is 13.3. The first-order valence-electron chi connectivity index (χ1n) is 6.28. The maximum atomic E-state index is 7.28. The average molecular weight is 459 g/mol. The van der Waals surface area contributed by atoms with Crippen LogP contribution in [0.2, 0.25) is 0 Å². The molecule has 0 spiro atoms. The van der Waals surface area contributed by atoms with Gasteiger partial charge in [-0.15, -0.1) is 0 Å². The third-order valence-corrected chi connectivity index (χ3v) is 4.48. The van der Waals surface area contributed by atoms with Crippen molar-refractivity contribution in [1.29, 1.82) is 5.41 Å². The fourth-order valence-corrected chi connectivity index (χ4v) is 3.30. The van der Waals surface area contributed by atoms with Gasteiger partial charge in [-0.05, 0) is 59.0 Å². The quantitative estimate of drug-likeness (QED) is 0.402. The summed E-state index contributed by atoms with van der Waals surface area (Å²) in [5, 5.41) is 7.28. The van der Waals surface area contributed by atoms with Crippen LogP contribution in [-0.2, 0) is 4.74 Å². The Bertz CT molecular complexity index is 669. The SMILES string of the molecule is N=C(N)OC[C@@H]1c2cc(Br)ccc2Oc2ccc(I)cc21. The molecule has 4 nitrogen and oxygen atoms in total. The van der Waals surface area contributed by atoms with E-state index in [9.17, 15) is 0 Å². The lowest BCUT2D eigenvalue weighted by Gasteiger charge is -2.28. The molecule has 21 heavy (non-hydrogen) atoms. The van der Waals surface area contributed by atoms with Crippen molar-refractivity contribution in [2.24, 2.45) is 5.73 Å². The molecular weight excluding hydrogens is 447 g/mol. The third kappa shape index (κ3) is 3.01. The van der Waals surface area contributed by atoms with Crippen LogP contribution in [-0.4, -0.2) is 12.6 Å². The molecule has 2 aromatic carbocycles. The largest absolute Gasteiger partial charge is 0.465 e. The van der Waals surface area contributed by atoms with Crippen LogP contribution >= 0.6 is 38.5 Å². The maximum absolute atomic E-state index is 7.28. The summed E-state index contributed by atoms with van der Waals surface area (Å²) in [5.74, 6) is 1.62. The summed E-state index contributed by atoms with van der Waals surface area (Å²) in [5.41, 5.74) is 7.41. The van der Waals surface area contributed by atoms with Gasteiger partial charge in [0.25, 0.3) is 6.02 Å². The molecule has 0 unspecified atom stereocenters. The molecule has 1 heterocycles. The number of halogens is 2. The highest BCUT2D eigenvalue weighted by molar-refractivity contribution is 14.1. The number of nitrogens with two attached hydrogens (primary N) is 1. The molecule has 0 bridgehead atoms. The Morgan fingerprint density at radius 1 is 1.24 bits per heavy atom. The first-order valence-corrected chi connectivity index (χ1v) is 8.15. The average Bonchev–Trinajstić information content (AvgIpc) is 2.44. The van der Waals surface area contributed by atoms with E-state index in [0.29, 0.717) is 6.61 Å². The van der Waals surface area contributed by atoms with Gasteiger partial charge < -0.3 is 15.2 Å². The number of amidine groups is 1. The lowest BCUT2D eigenvalue weighted by molar-refractivity contribution is 0.274. The molecule has 1 atom stereocenters. The number of fused-ring (bicyclic) bond motifs is 2. The zero-order chi connectivity index (χ0) is 15.0. The van der Waals surface area contributed by atoms with Gasteiger partial charge in [-0.25, -0.2) is 0 Å². The summed E-state index contributed by atoms with van der Waals surface area (Å²) in [4.78, 5) is 0. The second kappa shape index (κ2) is 5.84. The van der Waals surface area contributed by atoms with E-state index < -0.39 is 0 Å². The number of benzene rings is 2. The van der Waals surface area contributed by atoms with Crippen LogP contribution in [0.3, 0.4) is 0 Å². The molecule has 0 fully saturated rings. The zero-order valence-corrected chi connectivity index (χ0v) is 14.6. The topological polar surface area (TPSA) is 68.3 Å². The molecule has 108 valence electrons. The molecule has 6 heteroatoms. The fraction of sp³-hybridized carbons (Fsp3) is 0.133. The summed E-state index contributed by atoms with van der Waals surface area (Å²) in [7, 11) is 0. The Balaban J connectivity index is 2.09. The van der Waals surface area contributed by atoms with Gasteiger partial charge in [0, 0.05) is 19.2 Å². The monoisotopic (exact) mass is 458 g/mol. The smallest absolute Gasteiger partial charge is 0.279 e. The van der Waals surface area contributed by atoms with Crippen LogP contribution in [0.15, 0.2) is 40.9 Å². The summed E-state index contributed by atoms with van der Waals surface area (Å²) in [6.45, 7) is 0.315. The zero-order valence-electron chi connectivity index (χ0n) is 10.9. The van der Waals surface area contributed by atoms with Gasteiger partial charge in [-0.2, -0.15) is 0 Å². The van der Waals surface area contributed by atoms with E-state index in [1.54, 1.807) is 0 Å². The number of hydrogen-bond acceptors (Lipinski definition) is 3. The fourth-order valence-electron chi connectivity index (χ4n) is 2.41. The second-order valence-electron chi connectivity index (χ2n) is 4.69. The Labute approximate surface area is 144 Å². The van der Waals surface area contributed by atoms with Crippen molar-refractivity contribution in [1.82, 2.24) is 0 Å². The highest BCUT2D eigenvalue weighted by Gasteiger charge is 2.28. The second-order valence-corrected chi connectivity index (χ2v) is 6.86. The summed E-state index contributed by atoms with van der Waals surface area (Å²) >= 11 is 5.76. The molecule has 0 amide bonds. The number of hydrogen-bond donors (Lipinski definition) is 2. The highest BCUT2D eigenvalue weighted by Crippen LogP contribution is 2.45. The Hall–Kier alpha value is -1.28. The van der Waals surface area contributed by atoms with Crippen molar-refractivity contribution in [3.8, 4) is 11.5 Å². The van der Waals surface area contributed by atoms with Crippen LogP contribution in [0, 0.1) is 8.98 Å². The van der Waals surface area contributed by atoms with Crippen LogP contribution < -0.4 is 10.5 Å². The van der Waals surface area contributed by atoms with E-state index in [-0.39, 0.29) is 11.9 Å². The molecule has 0 radical (unpaired) electrons. The molecule has 1 aliphatic rings. The van der Waals surface area contributed by atoms with Gasteiger partial charge in [0.2, 0.25) is 0 Å². The van der Waals surface area contributed by atoms with Gasteiger partial charge in [0.15, 0.2) is 0 Å². The molecule has 0 saturated carbocycles. The van der Waals surface area contributed by atoms with Gasteiger partial charge in [-0.3, -0.25) is 5.41 Å². The normalized spacial score (nSPS) is 15.6. The van der Waals surface area contributed by atoms with Gasteiger partial charge in [0.05, 0.1) is 5.92 Å². The first-order chi connectivity index (χ1) is 10.0. The van der Waals surface area contributed by atoms with Crippen molar-refractivity contribution in [3.63, 3.8) is 0 Å². The van der Waals surface area contributed by atoms with E-state index in [4.69, 9.17) is 20.6 Å². The number of nitrogens with one attached hydrogen (secondary N) is 1. The predicted octanol–water partition coefficient (Wildman–Crippen LogP) is 4.20. The molecule has 1 aliphatic heterocycles. The van der Waals surface area contributed by atoms with Crippen LogP contribution in [0.4, 0.5) is 0 Å². The lowest BCUT2D eigenvalue weighted by atomic mass is 9.89. The van der Waals surface area contributed by atoms with Crippen molar-refractivity contribution >= 4 is 44.5 Å².